The summed E-state index contributed by atoms with van der Waals surface area (Å²) in [5.74, 6) is -4.14. The molecule has 4 fully saturated rings. The van der Waals surface area contributed by atoms with Crippen molar-refractivity contribution in [2.75, 3.05) is 81.8 Å². The summed E-state index contributed by atoms with van der Waals surface area (Å²) in [6.45, 7) is 1.31. The zero-order chi connectivity index (χ0) is 53.5. The predicted octanol–water partition coefficient (Wildman–Crippen LogP) is 2.10. The normalized spacial score (nSPS) is 20.6. The van der Waals surface area contributed by atoms with E-state index in [1.54, 1.807) is 35.4 Å². The van der Waals surface area contributed by atoms with Crippen LogP contribution in [0.15, 0.2) is 53.4 Å². The second-order valence-electron chi connectivity index (χ2n) is 18.8. The van der Waals surface area contributed by atoms with E-state index in [-0.39, 0.29) is 93.8 Å². The Balaban J connectivity index is 0.720. The molecule has 404 valence electrons. The molecule has 0 spiro atoms. The zero-order valence-corrected chi connectivity index (χ0v) is 41.0. The van der Waals surface area contributed by atoms with E-state index in [2.05, 4.69) is 41.7 Å². The second-order valence-corrected chi connectivity index (χ2v) is 18.8. The van der Waals surface area contributed by atoms with Crippen LogP contribution in [0, 0.1) is 5.92 Å². The first-order valence-corrected chi connectivity index (χ1v) is 24.9. The molecule has 7 amide bonds. The molecule has 4 aliphatic heterocycles. The van der Waals surface area contributed by atoms with Crippen molar-refractivity contribution < 1.29 is 70.9 Å². The Morgan fingerprint density at radius 3 is 2.47 bits per heavy atom. The van der Waals surface area contributed by atoms with Crippen LogP contribution in [-0.2, 0) is 44.9 Å². The Morgan fingerprint density at radius 2 is 1.71 bits per heavy atom. The number of hydrogen-bond donors (Lipinski definition) is 6. The van der Waals surface area contributed by atoms with E-state index < -0.39 is 96.9 Å². The number of hydrogen-bond acceptors (Lipinski definition) is 18. The minimum absolute atomic E-state index is 0.00240. The number of aromatic nitrogens is 4. The molecule has 1 saturated carbocycles. The fourth-order valence-corrected chi connectivity index (χ4v) is 9.65. The molecular formula is C49H56F2N12O13. The van der Waals surface area contributed by atoms with Crippen molar-refractivity contribution in [2.45, 2.75) is 82.2 Å². The van der Waals surface area contributed by atoms with Gasteiger partial charge in [-0.25, -0.2) is 18.7 Å². The summed E-state index contributed by atoms with van der Waals surface area (Å²) in [5, 5.41) is 27.3. The summed E-state index contributed by atoms with van der Waals surface area (Å²) >= 11 is 0. The van der Waals surface area contributed by atoms with Gasteiger partial charge in [0.15, 0.2) is 11.4 Å². The smallest absolute Gasteiger partial charge is 0.320 e. The molecule has 0 bridgehead atoms. The number of aliphatic carboxylic acids is 1. The van der Waals surface area contributed by atoms with E-state index in [9.17, 15) is 52.2 Å². The van der Waals surface area contributed by atoms with Crippen LogP contribution in [0.1, 0.15) is 88.3 Å². The SMILES string of the molecule is O=C1CCC(N2C(=O)c3cccc(NCCOCCOCCOCC(=O)N4C[C@H](N5CCC[C@H]5C(=O)O)C[C@H]4C(=O)NCn4cc(NC(=O)c5coc(-c6ccnc(NCC7CC7)c6)n5)c(C(F)F)n4)c3C2=O)C(=O)N1. The maximum absolute atomic E-state index is 14.2. The summed E-state index contributed by atoms with van der Waals surface area (Å²) in [5.41, 5.74) is -0.0851. The van der Waals surface area contributed by atoms with E-state index >= 15 is 0 Å². The Labute approximate surface area is 432 Å². The number of carboxylic acid groups (broad SMARTS) is 1. The molecule has 27 heteroatoms. The van der Waals surface area contributed by atoms with Gasteiger partial charge in [-0.15, -0.1) is 0 Å². The Morgan fingerprint density at radius 1 is 0.921 bits per heavy atom. The fourth-order valence-electron chi connectivity index (χ4n) is 9.65. The number of piperidine rings is 1. The number of oxazole rings is 1. The molecule has 5 aliphatic rings. The number of carbonyl (C=O) groups excluding carboxylic acids is 7. The number of likely N-dealkylation sites (tertiary alicyclic amines) is 2. The van der Waals surface area contributed by atoms with Crippen molar-refractivity contribution in [2.24, 2.45) is 5.92 Å². The van der Waals surface area contributed by atoms with Gasteiger partial charge in [0, 0.05) is 49.5 Å². The van der Waals surface area contributed by atoms with Gasteiger partial charge >= 0.3 is 5.97 Å². The topological polar surface area (TPSA) is 311 Å². The Bertz CT molecular complexity index is 2860. The van der Waals surface area contributed by atoms with Crippen LogP contribution in [0.25, 0.3) is 11.5 Å². The van der Waals surface area contributed by atoms with Gasteiger partial charge < -0.3 is 49.9 Å². The van der Waals surface area contributed by atoms with Gasteiger partial charge in [-0.3, -0.25) is 58.2 Å². The molecule has 6 N–H and O–H groups in total. The van der Waals surface area contributed by atoms with Crippen LogP contribution in [0.3, 0.4) is 0 Å². The lowest BCUT2D eigenvalue weighted by atomic mass is 10.0. The molecule has 1 aliphatic carbocycles. The van der Waals surface area contributed by atoms with E-state index in [1.807, 2.05) is 0 Å². The number of rotatable bonds is 25. The number of imide groups is 2. The monoisotopic (exact) mass is 1060 g/mol. The number of fused-ring (bicyclic) bond motifs is 1. The zero-order valence-electron chi connectivity index (χ0n) is 41.0. The van der Waals surface area contributed by atoms with Crippen LogP contribution in [0.2, 0.25) is 0 Å². The highest BCUT2D eigenvalue weighted by Crippen LogP contribution is 2.34. The quantitative estimate of drug-likeness (QED) is 0.0409. The lowest BCUT2D eigenvalue weighted by Gasteiger charge is -2.27. The maximum Gasteiger partial charge on any atom is 0.320 e. The molecular weight excluding hydrogens is 1000 g/mol. The first kappa shape index (κ1) is 53.1. The van der Waals surface area contributed by atoms with Crippen LogP contribution in [-0.4, -0.2) is 177 Å². The van der Waals surface area contributed by atoms with Gasteiger partial charge in [0.1, 0.15) is 43.5 Å². The summed E-state index contributed by atoms with van der Waals surface area (Å²) in [6, 6.07) is 4.69. The molecule has 1 aromatic carbocycles. The van der Waals surface area contributed by atoms with Gasteiger partial charge in [-0.1, -0.05) is 6.07 Å². The van der Waals surface area contributed by atoms with Crippen molar-refractivity contribution in [1.29, 1.82) is 0 Å². The number of carboxylic acids is 1. The summed E-state index contributed by atoms with van der Waals surface area (Å²) < 4.78 is 51.8. The van der Waals surface area contributed by atoms with Gasteiger partial charge in [0.05, 0.1) is 56.0 Å². The highest BCUT2D eigenvalue weighted by molar-refractivity contribution is 6.25. The number of nitrogens with zero attached hydrogens (tertiary/aromatic N) is 7. The molecule has 3 aromatic heterocycles. The molecule has 1 unspecified atom stereocenters. The van der Waals surface area contributed by atoms with E-state index in [0.717, 1.165) is 41.4 Å². The van der Waals surface area contributed by atoms with Crippen LogP contribution in [0.5, 0.6) is 0 Å². The van der Waals surface area contributed by atoms with Crippen LogP contribution in [0.4, 0.5) is 26.0 Å². The molecule has 4 atom stereocenters. The van der Waals surface area contributed by atoms with Crippen LogP contribution >= 0.6 is 0 Å². The maximum atomic E-state index is 14.2. The highest BCUT2D eigenvalue weighted by Gasteiger charge is 2.47. The molecule has 4 aromatic rings. The number of anilines is 3. The predicted molar refractivity (Wildman–Crippen MR) is 260 cm³/mol. The Kier molecular flexibility index (Phi) is 16.7. The number of ether oxygens (including phenoxy) is 3. The number of benzene rings is 1. The fraction of sp³-hybridized carbons (Fsp3) is 0.490. The first-order valence-electron chi connectivity index (χ1n) is 24.9. The largest absolute Gasteiger partial charge is 0.480 e. The molecule has 25 nitrogen and oxygen atoms in total. The van der Waals surface area contributed by atoms with Crippen molar-refractivity contribution in [3.63, 3.8) is 0 Å². The van der Waals surface area contributed by atoms with Crippen molar-refractivity contribution in [3.05, 3.63) is 71.5 Å². The third-order valence-corrected chi connectivity index (χ3v) is 13.6. The number of pyridine rings is 1. The lowest BCUT2D eigenvalue weighted by molar-refractivity contribution is -0.143. The first-order chi connectivity index (χ1) is 36.7. The van der Waals surface area contributed by atoms with Gasteiger partial charge in [0.2, 0.25) is 29.5 Å². The minimum Gasteiger partial charge on any atom is -0.480 e. The van der Waals surface area contributed by atoms with Gasteiger partial charge in [-0.05, 0) is 75.3 Å². The van der Waals surface area contributed by atoms with Crippen molar-refractivity contribution >= 4 is 64.5 Å². The molecule has 9 rings (SSSR count). The minimum atomic E-state index is -3.12. The number of nitrogens with one attached hydrogen (secondary N) is 5. The number of amides is 7. The molecule has 7 heterocycles. The van der Waals surface area contributed by atoms with Gasteiger partial charge in [0.25, 0.3) is 24.1 Å². The molecule has 76 heavy (non-hydrogen) atoms. The third kappa shape index (κ3) is 12.3. The number of alkyl halides is 2. The van der Waals surface area contributed by atoms with E-state index in [0.29, 0.717) is 42.4 Å². The van der Waals surface area contributed by atoms with Crippen LogP contribution < -0.4 is 26.6 Å². The number of halogens is 2. The Hall–Kier alpha value is -7.75. The second kappa shape index (κ2) is 23.8. The van der Waals surface area contributed by atoms with Crippen molar-refractivity contribution in [3.8, 4) is 11.5 Å². The average Bonchev–Trinajstić information content (AvgIpc) is 3.91. The average molecular weight is 1060 g/mol. The molecule has 0 radical (unpaired) electrons. The van der Waals surface area contributed by atoms with Gasteiger partial charge in [-0.2, -0.15) is 5.10 Å². The molecule has 3 saturated heterocycles. The lowest BCUT2D eigenvalue weighted by Crippen LogP contribution is -2.54. The number of carbonyl (C=O) groups is 8. The summed E-state index contributed by atoms with van der Waals surface area (Å²) in [4.78, 5) is 116. The third-order valence-electron chi connectivity index (χ3n) is 13.6. The van der Waals surface area contributed by atoms with E-state index in [4.69, 9.17) is 18.6 Å². The standard InChI is InChI=1S/C49H56F2N12O13/c50-42(51)41-32(56-43(66)33-24-76-46(57-33)28-10-11-53-37(19-28)54-21-27-6-7-27)23-60(59-41)26-55-44(67)36-20-29(61-13-2-5-35(61)49(71)72)22-62(36)39(65)25-75-18-17-74-16-15-73-14-12-52-31-4-1-3-30-40(31)48(70)63(47(30)69)34-8-9-38(64)58-45(34)68/h1,3-4,10-11,19,23-24,27,29,34-36,42,52H,2,5-9,12-18,20-22,25-26H2,(H,53,54)(H,55,67)(H,56,66)(H,71,72)(H,58,64,68)/t29-,34?,35+,36+/m1/s1. The van der Waals surface area contributed by atoms with Crippen molar-refractivity contribution in [1.82, 2.24) is 45.1 Å². The summed E-state index contributed by atoms with van der Waals surface area (Å²) in [6.07, 6.45) is 4.14. The van der Waals surface area contributed by atoms with E-state index in [1.165, 1.54) is 11.0 Å². The summed E-state index contributed by atoms with van der Waals surface area (Å²) in [7, 11) is 0. The highest BCUT2D eigenvalue weighted by atomic mass is 19.3.